The fraction of sp³-hybridized carbons (Fsp3) is 0.500. The molecule has 9 heteroatoms. The summed E-state index contributed by atoms with van der Waals surface area (Å²) in [6.45, 7) is 4.43. The number of piperazine rings is 1. The minimum Gasteiger partial charge on any atom is -0.424 e. The van der Waals surface area contributed by atoms with Crippen LogP contribution in [0.5, 0.6) is 0 Å². The van der Waals surface area contributed by atoms with E-state index in [1.165, 1.54) is 17.9 Å². The Morgan fingerprint density at radius 2 is 2.16 bits per heavy atom. The standard InChI is InChI=1S/C16H22FN5O3/c1-11(23)20-9-16(18)10-22(15(24)25-16)12-2-3-14(13(17)8-12)21-6-4-19-5-7-21/h2-3,8,19H,4-7,9-10,18H2,1H3,(H,20,23)/t16-/m0/s1. The van der Waals surface area contributed by atoms with Gasteiger partial charge in [-0.25, -0.2) is 9.18 Å². The van der Waals surface area contributed by atoms with E-state index in [1.54, 1.807) is 12.1 Å². The molecule has 2 heterocycles. The molecule has 25 heavy (non-hydrogen) atoms. The molecular weight excluding hydrogens is 329 g/mol. The van der Waals surface area contributed by atoms with Gasteiger partial charge in [0.05, 0.1) is 24.5 Å². The van der Waals surface area contributed by atoms with E-state index < -0.39 is 17.6 Å². The molecule has 0 saturated carbocycles. The van der Waals surface area contributed by atoms with Crippen LogP contribution in [0.15, 0.2) is 18.2 Å². The van der Waals surface area contributed by atoms with E-state index in [0.29, 0.717) is 11.4 Å². The Balaban J connectivity index is 1.74. The number of amides is 2. The maximum absolute atomic E-state index is 14.5. The van der Waals surface area contributed by atoms with Gasteiger partial charge in [-0.05, 0) is 18.2 Å². The van der Waals surface area contributed by atoms with E-state index in [1.807, 2.05) is 4.90 Å². The molecule has 2 aliphatic heterocycles. The van der Waals surface area contributed by atoms with Crippen LogP contribution >= 0.6 is 0 Å². The number of cyclic esters (lactones) is 1. The molecule has 1 aromatic carbocycles. The summed E-state index contributed by atoms with van der Waals surface area (Å²) < 4.78 is 19.7. The first kappa shape index (κ1) is 17.4. The summed E-state index contributed by atoms with van der Waals surface area (Å²) in [7, 11) is 0. The van der Waals surface area contributed by atoms with E-state index in [0.717, 1.165) is 26.2 Å². The van der Waals surface area contributed by atoms with Crippen LogP contribution < -0.4 is 26.2 Å². The summed E-state index contributed by atoms with van der Waals surface area (Å²) in [5, 5.41) is 5.75. The number of carbonyl (C=O) groups is 2. The van der Waals surface area contributed by atoms with Crippen molar-refractivity contribution in [2.24, 2.45) is 5.73 Å². The zero-order valence-corrected chi connectivity index (χ0v) is 14.0. The highest BCUT2D eigenvalue weighted by molar-refractivity contribution is 5.90. The van der Waals surface area contributed by atoms with Crippen molar-refractivity contribution in [3.63, 3.8) is 0 Å². The summed E-state index contributed by atoms with van der Waals surface area (Å²) >= 11 is 0. The van der Waals surface area contributed by atoms with Crippen molar-refractivity contribution in [3.05, 3.63) is 24.0 Å². The van der Waals surface area contributed by atoms with Gasteiger partial charge in [0.15, 0.2) is 5.72 Å². The number of anilines is 2. The first-order chi connectivity index (χ1) is 11.9. The van der Waals surface area contributed by atoms with Crippen LogP contribution in [-0.2, 0) is 9.53 Å². The third-order valence-corrected chi connectivity index (χ3v) is 4.27. The van der Waals surface area contributed by atoms with Gasteiger partial charge in [0, 0.05) is 33.1 Å². The Morgan fingerprint density at radius 3 is 2.80 bits per heavy atom. The fourth-order valence-electron chi connectivity index (χ4n) is 2.98. The van der Waals surface area contributed by atoms with E-state index in [4.69, 9.17) is 10.5 Å². The Labute approximate surface area is 145 Å². The summed E-state index contributed by atoms with van der Waals surface area (Å²) in [6.07, 6.45) is -0.665. The third-order valence-electron chi connectivity index (χ3n) is 4.27. The lowest BCUT2D eigenvalue weighted by atomic mass is 10.2. The highest BCUT2D eigenvalue weighted by Gasteiger charge is 2.43. The highest BCUT2D eigenvalue weighted by Crippen LogP contribution is 2.29. The van der Waals surface area contributed by atoms with Crippen LogP contribution in [0.4, 0.5) is 20.6 Å². The van der Waals surface area contributed by atoms with Crippen LogP contribution in [-0.4, -0.2) is 57.0 Å². The van der Waals surface area contributed by atoms with Gasteiger partial charge in [0.25, 0.3) is 0 Å². The van der Waals surface area contributed by atoms with Crippen molar-refractivity contribution in [1.82, 2.24) is 10.6 Å². The number of halogens is 1. The lowest BCUT2D eigenvalue weighted by Crippen LogP contribution is -2.53. The molecule has 0 spiro atoms. The van der Waals surface area contributed by atoms with Crippen molar-refractivity contribution in [1.29, 1.82) is 0 Å². The predicted octanol–water partition coefficient (Wildman–Crippen LogP) is -0.0170. The second-order valence-corrected chi connectivity index (χ2v) is 6.30. The van der Waals surface area contributed by atoms with Crippen molar-refractivity contribution in [3.8, 4) is 0 Å². The molecule has 2 fully saturated rings. The van der Waals surface area contributed by atoms with E-state index >= 15 is 0 Å². The van der Waals surface area contributed by atoms with Crippen LogP contribution in [0.3, 0.4) is 0 Å². The zero-order chi connectivity index (χ0) is 18.0. The number of benzene rings is 1. The topological polar surface area (TPSA) is 99.9 Å². The molecule has 0 unspecified atom stereocenters. The monoisotopic (exact) mass is 351 g/mol. The van der Waals surface area contributed by atoms with Crippen LogP contribution in [0.25, 0.3) is 0 Å². The SMILES string of the molecule is CC(=O)NC[C@@]1(N)CN(c2ccc(N3CCNCC3)c(F)c2)C(=O)O1. The van der Waals surface area contributed by atoms with Gasteiger partial charge < -0.3 is 20.3 Å². The summed E-state index contributed by atoms with van der Waals surface area (Å²) in [5.74, 6) is -0.672. The minimum atomic E-state index is -1.34. The fourth-order valence-corrected chi connectivity index (χ4v) is 2.98. The molecule has 2 aliphatic rings. The molecule has 0 radical (unpaired) electrons. The van der Waals surface area contributed by atoms with Crippen molar-refractivity contribution in [2.45, 2.75) is 12.6 Å². The minimum absolute atomic E-state index is 0.00802. The van der Waals surface area contributed by atoms with Crippen molar-refractivity contribution >= 4 is 23.4 Å². The van der Waals surface area contributed by atoms with Gasteiger partial charge in [0.1, 0.15) is 5.82 Å². The van der Waals surface area contributed by atoms with E-state index in [9.17, 15) is 14.0 Å². The summed E-state index contributed by atoms with van der Waals surface area (Å²) in [5.41, 5.74) is 5.55. The number of nitrogens with zero attached hydrogens (tertiary/aromatic N) is 2. The highest BCUT2D eigenvalue weighted by atomic mass is 19.1. The Morgan fingerprint density at radius 1 is 1.44 bits per heavy atom. The van der Waals surface area contributed by atoms with Crippen molar-refractivity contribution in [2.75, 3.05) is 49.1 Å². The molecule has 2 saturated heterocycles. The molecular formula is C16H22FN5O3. The Hall–Kier alpha value is -2.39. The van der Waals surface area contributed by atoms with Crippen LogP contribution in [0, 0.1) is 5.82 Å². The van der Waals surface area contributed by atoms with E-state index in [-0.39, 0.29) is 19.0 Å². The van der Waals surface area contributed by atoms with Gasteiger partial charge in [-0.1, -0.05) is 0 Å². The van der Waals surface area contributed by atoms with Gasteiger partial charge in [0.2, 0.25) is 5.91 Å². The molecule has 136 valence electrons. The van der Waals surface area contributed by atoms with Gasteiger partial charge in [-0.15, -0.1) is 0 Å². The quantitative estimate of drug-likeness (QED) is 0.705. The van der Waals surface area contributed by atoms with Crippen molar-refractivity contribution < 1.29 is 18.7 Å². The van der Waals surface area contributed by atoms with Crippen LogP contribution in [0.1, 0.15) is 6.92 Å². The number of nitrogens with two attached hydrogens (primary N) is 1. The normalized spacial score (nSPS) is 23.6. The molecule has 1 atom stereocenters. The number of carbonyl (C=O) groups excluding carboxylic acids is 2. The first-order valence-corrected chi connectivity index (χ1v) is 8.17. The Bertz CT molecular complexity index is 680. The maximum atomic E-state index is 14.5. The van der Waals surface area contributed by atoms with Gasteiger partial charge in [-0.3, -0.25) is 15.4 Å². The Kier molecular flexibility index (Phi) is 4.78. The third kappa shape index (κ3) is 3.83. The second-order valence-electron chi connectivity index (χ2n) is 6.30. The first-order valence-electron chi connectivity index (χ1n) is 8.17. The van der Waals surface area contributed by atoms with Gasteiger partial charge in [-0.2, -0.15) is 0 Å². The second kappa shape index (κ2) is 6.85. The molecule has 3 rings (SSSR count). The molecule has 0 bridgehead atoms. The van der Waals surface area contributed by atoms with Gasteiger partial charge >= 0.3 is 6.09 Å². The van der Waals surface area contributed by atoms with E-state index in [2.05, 4.69) is 10.6 Å². The lowest BCUT2D eigenvalue weighted by molar-refractivity contribution is -0.119. The lowest BCUT2D eigenvalue weighted by Gasteiger charge is -2.30. The molecule has 2 amide bonds. The number of nitrogens with one attached hydrogen (secondary N) is 2. The molecule has 0 aromatic heterocycles. The largest absolute Gasteiger partial charge is 0.424 e. The number of hydrogen-bond acceptors (Lipinski definition) is 6. The summed E-state index contributed by atoms with van der Waals surface area (Å²) in [4.78, 5) is 26.4. The molecule has 1 aromatic rings. The number of ether oxygens (including phenoxy) is 1. The average molecular weight is 351 g/mol. The summed E-state index contributed by atoms with van der Waals surface area (Å²) in [6, 6.07) is 4.64. The number of hydrogen-bond donors (Lipinski definition) is 3. The number of rotatable bonds is 4. The van der Waals surface area contributed by atoms with Crippen LogP contribution in [0.2, 0.25) is 0 Å². The zero-order valence-electron chi connectivity index (χ0n) is 14.0. The predicted molar refractivity (Wildman–Crippen MR) is 90.9 cm³/mol. The molecule has 4 N–H and O–H groups in total. The average Bonchev–Trinajstić information content (AvgIpc) is 2.89. The molecule has 0 aliphatic carbocycles. The molecule has 8 nitrogen and oxygen atoms in total. The smallest absolute Gasteiger partial charge is 0.416 e. The maximum Gasteiger partial charge on any atom is 0.416 e.